The molecule has 2 heterocycles. The molecule has 3 fully saturated rings. The van der Waals surface area contributed by atoms with Gasteiger partial charge in [-0.25, -0.2) is 13.2 Å². The van der Waals surface area contributed by atoms with Crippen molar-refractivity contribution in [3.63, 3.8) is 0 Å². The van der Waals surface area contributed by atoms with Crippen LogP contribution in [0.3, 0.4) is 0 Å². The Morgan fingerprint density at radius 2 is 1.94 bits per heavy atom. The van der Waals surface area contributed by atoms with Gasteiger partial charge >= 0.3 is 6.09 Å². The molecule has 1 aromatic carbocycles. The smallest absolute Gasteiger partial charge is 0.408 e. The fourth-order valence-electron chi connectivity index (χ4n) is 5.95. The average molecular weight is 690 g/mol. The van der Waals surface area contributed by atoms with E-state index in [-0.39, 0.29) is 26.0 Å². The molecule has 0 bridgehead atoms. The molecular weight excluding hydrogens is 650 g/mol. The van der Waals surface area contributed by atoms with Gasteiger partial charge in [0.25, 0.3) is 5.91 Å². The molecule has 15 heteroatoms. The summed E-state index contributed by atoms with van der Waals surface area (Å²) in [6.45, 7) is 12.4. The molecule has 5 rings (SSSR count). The number of carbonyl (C=O) groups is 4. The second-order valence-corrected chi connectivity index (χ2v) is 15.9. The second kappa shape index (κ2) is 12.6. The number of likely N-dealkylation sites (tertiary alicyclic amines) is 1. The third-order valence-corrected chi connectivity index (χ3v) is 10.9. The number of ether oxygens (including phenoxy) is 1. The predicted molar refractivity (Wildman–Crippen MR) is 174 cm³/mol. The lowest BCUT2D eigenvalue weighted by molar-refractivity contribution is -0.143. The summed E-state index contributed by atoms with van der Waals surface area (Å²) in [6, 6.07) is 4.76. The Bertz CT molecular complexity index is 1640. The number of halogens is 1. The lowest BCUT2D eigenvalue weighted by Crippen LogP contribution is -2.60. The first-order valence-electron chi connectivity index (χ1n) is 15.3. The van der Waals surface area contributed by atoms with Crippen LogP contribution in [0.25, 0.3) is 5.70 Å². The van der Waals surface area contributed by atoms with E-state index in [0.29, 0.717) is 23.6 Å². The number of nitrogens with one attached hydrogen (secondary N) is 4. The van der Waals surface area contributed by atoms with Crippen molar-refractivity contribution in [2.45, 2.75) is 74.9 Å². The van der Waals surface area contributed by atoms with Crippen LogP contribution >= 0.6 is 11.6 Å². The quantitative estimate of drug-likeness (QED) is 0.255. The van der Waals surface area contributed by atoms with Gasteiger partial charge in [0, 0.05) is 22.9 Å². The van der Waals surface area contributed by atoms with E-state index in [9.17, 15) is 27.6 Å². The zero-order valence-corrected chi connectivity index (χ0v) is 28.1. The molecule has 5 atom stereocenters. The number of hydroxylamine groups is 1. The normalized spacial score (nSPS) is 27.2. The van der Waals surface area contributed by atoms with Gasteiger partial charge in [0.2, 0.25) is 21.8 Å². The Kier molecular flexibility index (Phi) is 9.25. The van der Waals surface area contributed by atoms with Gasteiger partial charge in [0.15, 0.2) is 0 Å². The number of benzene rings is 1. The van der Waals surface area contributed by atoms with E-state index in [1.54, 1.807) is 45.0 Å². The van der Waals surface area contributed by atoms with Crippen LogP contribution in [0.1, 0.15) is 52.0 Å². The molecule has 4 amide bonds. The van der Waals surface area contributed by atoms with E-state index in [1.165, 1.54) is 17.1 Å². The summed E-state index contributed by atoms with van der Waals surface area (Å²) in [6.07, 6.45) is 4.85. The summed E-state index contributed by atoms with van der Waals surface area (Å²) < 4.78 is 32.4. The van der Waals surface area contributed by atoms with E-state index in [0.717, 1.165) is 5.56 Å². The van der Waals surface area contributed by atoms with E-state index >= 15 is 0 Å². The number of rotatable bonds is 11. The molecule has 13 nitrogen and oxygen atoms in total. The van der Waals surface area contributed by atoms with Crippen LogP contribution in [0.4, 0.5) is 4.79 Å². The molecule has 2 aliphatic heterocycles. The maximum absolute atomic E-state index is 14.3. The van der Waals surface area contributed by atoms with Crippen LogP contribution in [-0.4, -0.2) is 78.8 Å². The van der Waals surface area contributed by atoms with Crippen molar-refractivity contribution in [1.29, 1.82) is 0 Å². The summed E-state index contributed by atoms with van der Waals surface area (Å²) in [5.74, 6) is -2.64. The highest BCUT2D eigenvalue weighted by atomic mass is 35.5. The summed E-state index contributed by atoms with van der Waals surface area (Å²) in [4.78, 5) is 61.8. The molecule has 254 valence electrons. The SMILES string of the molecule is C=CCOC(=O)N[C@H](C(=O)N1C[C@@]2(C=C(c3cccc(Cl)c3)NO2)C[C@H]1C(=O)N[C@]1(C(=O)NS(=O)(=O)C2CC2)C[C@H]1C=C)C(C)(C)C. The van der Waals surface area contributed by atoms with E-state index in [1.807, 2.05) is 6.07 Å². The van der Waals surface area contributed by atoms with Crippen molar-refractivity contribution in [1.82, 2.24) is 25.7 Å². The van der Waals surface area contributed by atoms with Crippen LogP contribution in [0, 0.1) is 11.3 Å². The summed E-state index contributed by atoms with van der Waals surface area (Å²) >= 11 is 6.20. The first kappa shape index (κ1) is 34.5. The Labute approximate surface area is 279 Å². The van der Waals surface area contributed by atoms with Gasteiger partial charge in [-0.1, -0.05) is 63.2 Å². The number of carbonyl (C=O) groups excluding carboxylic acids is 4. The lowest BCUT2D eigenvalue weighted by atomic mass is 9.85. The summed E-state index contributed by atoms with van der Waals surface area (Å²) in [7, 11) is -3.89. The van der Waals surface area contributed by atoms with Crippen LogP contribution in [0.15, 0.2) is 55.7 Å². The minimum Gasteiger partial charge on any atom is -0.445 e. The molecule has 47 heavy (non-hydrogen) atoms. The zero-order chi connectivity index (χ0) is 34.4. The Morgan fingerprint density at radius 1 is 1.21 bits per heavy atom. The van der Waals surface area contributed by atoms with Gasteiger partial charge in [-0.05, 0) is 42.9 Å². The third kappa shape index (κ3) is 7.19. The van der Waals surface area contributed by atoms with Gasteiger partial charge in [0.05, 0.1) is 17.5 Å². The van der Waals surface area contributed by atoms with Crippen LogP contribution in [0.5, 0.6) is 0 Å². The predicted octanol–water partition coefficient (Wildman–Crippen LogP) is 2.55. The molecule has 0 unspecified atom stereocenters. The maximum atomic E-state index is 14.3. The van der Waals surface area contributed by atoms with Gasteiger partial charge < -0.3 is 20.3 Å². The molecule has 1 saturated heterocycles. The molecule has 2 saturated carbocycles. The van der Waals surface area contributed by atoms with Crippen molar-refractivity contribution < 1.29 is 37.2 Å². The lowest BCUT2D eigenvalue weighted by Gasteiger charge is -2.35. The van der Waals surface area contributed by atoms with Crippen LogP contribution in [-0.2, 0) is 34.0 Å². The number of hydrogen-bond donors (Lipinski definition) is 4. The minimum absolute atomic E-state index is 0.0176. The van der Waals surface area contributed by atoms with Crippen molar-refractivity contribution in [2.75, 3.05) is 13.2 Å². The average Bonchev–Trinajstić information content (AvgIpc) is 3.91. The van der Waals surface area contributed by atoms with Crippen molar-refractivity contribution >= 4 is 51.1 Å². The molecule has 2 aliphatic carbocycles. The monoisotopic (exact) mass is 689 g/mol. The fraction of sp³-hybridized carbons (Fsp3) is 0.500. The number of hydrogen-bond acceptors (Lipinski definition) is 9. The number of alkyl carbamates (subject to hydrolysis) is 1. The van der Waals surface area contributed by atoms with Gasteiger partial charge in [-0.15, -0.1) is 6.58 Å². The maximum Gasteiger partial charge on any atom is 0.408 e. The third-order valence-electron chi connectivity index (χ3n) is 8.80. The standard InChI is InChI=1S/C32H40ClN5O8S/c1-6-13-45-29(42)34-25(30(3,4)5)27(40)38-18-31(16-23(36-46-31)19-9-8-10-21(33)14-19)17-24(38)26(39)35-32(15-20(32)7-2)28(41)37-47(43,44)22-11-12-22/h6-10,14,16,20,22,24-25,36H,1-2,11-13,15,17-18H2,3-5H3,(H,34,42)(H,35,39)(H,37,41)/t20-,24+,25-,31-,32-/m1/s1. The minimum atomic E-state index is -3.89. The number of sulfonamides is 1. The Morgan fingerprint density at radius 3 is 2.53 bits per heavy atom. The topological polar surface area (TPSA) is 172 Å². The molecule has 1 aromatic rings. The second-order valence-electron chi connectivity index (χ2n) is 13.5. The highest BCUT2D eigenvalue weighted by Crippen LogP contribution is 2.46. The highest BCUT2D eigenvalue weighted by molar-refractivity contribution is 7.91. The number of nitrogens with zero attached hydrogens (tertiary/aromatic N) is 1. The Hall–Kier alpha value is -3.88. The molecule has 0 radical (unpaired) electrons. The first-order valence-corrected chi connectivity index (χ1v) is 17.2. The summed E-state index contributed by atoms with van der Waals surface area (Å²) in [5, 5.41) is 5.24. The molecule has 4 N–H and O–H groups in total. The van der Waals surface area contributed by atoms with E-state index in [4.69, 9.17) is 21.2 Å². The Balaban J connectivity index is 1.46. The van der Waals surface area contributed by atoms with Crippen molar-refractivity contribution in [2.24, 2.45) is 11.3 Å². The fourth-order valence-corrected chi connectivity index (χ4v) is 7.50. The van der Waals surface area contributed by atoms with Crippen molar-refractivity contribution in [3.8, 4) is 0 Å². The van der Waals surface area contributed by atoms with Crippen LogP contribution in [0.2, 0.25) is 5.02 Å². The van der Waals surface area contributed by atoms with Gasteiger partial charge in [0.1, 0.15) is 29.8 Å². The summed E-state index contributed by atoms with van der Waals surface area (Å²) in [5.41, 5.74) is 0.643. The van der Waals surface area contributed by atoms with Gasteiger partial charge in [-0.2, -0.15) is 0 Å². The molecule has 4 aliphatic rings. The zero-order valence-electron chi connectivity index (χ0n) is 26.5. The van der Waals surface area contributed by atoms with E-state index < -0.39 is 73.6 Å². The van der Waals surface area contributed by atoms with Crippen LogP contribution < -0.4 is 20.8 Å². The largest absolute Gasteiger partial charge is 0.445 e. The molecule has 0 aromatic heterocycles. The first-order chi connectivity index (χ1) is 22.0. The molecular formula is C32H40ClN5O8S. The number of amides is 4. The van der Waals surface area contributed by atoms with Crippen molar-refractivity contribution in [3.05, 3.63) is 66.2 Å². The van der Waals surface area contributed by atoms with Gasteiger partial charge in [-0.3, -0.25) is 29.4 Å². The highest BCUT2D eigenvalue weighted by Gasteiger charge is 2.63. The van der Waals surface area contributed by atoms with E-state index in [2.05, 4.69) is 34.0 Å². The molecule has 1 spiro atoms.